The molecule has 1 aromatic rings. The SMILES string of the molecule is C=CC(F)(F)C(NC(=O)OC(C)(C)C)c1ccc(Br)cc1. The molecule has 0 radical (unpaired) electrons. The van der Waals surface area contributed by atoms with Gasteiger partial charge in [0.15, 0.2) is 0 Å². The first-order valence-corrected chi connectivity index (χ1v) is 7.11. The first kappa shape index (κ1) is 17.6. The van der Waals surface area contributed by atoms with Gasteiger partial charge in [-0.3, -0.25) is 0 Å². The summed E-state index contributed by atoms with van der Waals surface area (Å²) in [6.45, 7) is 8.11. The Morgan fingerprint density at radius 2 is 1.86 bits per heavy atom. The molecule has 0 spiro atoms. The van der Waals surface area contributed by atoms with Crippen molar-refractivity contribution < 1.29 is 18.3 Å². The summed E-state index contributed by atoms with van der Waals surface area (Å²) in [7, 11) is 0. The minimum Gasteiger partial charge on any atom is -0.444 e. The lowest BCUT2D eigenvalue weighted by Gasteiger charge is -2.27. The van der Waals surface area contributed by atoms with Crippen molar-refractivity contribution in [1.29, 1.82) is 0 Å². The quantitative estimate of drug-likeness (QED) is 0.779. The van der Waals surface area contributed by atoms with Crippen molar-refractivity contribution in [3.8, 4) is 0 Å². The number of rotatable bonds is 4. The number of ether oxygens (including phenoxy) is 1. The van der Waals surface area contributed by atoms with Crippen molar-refractivity contribution in [1.82, 2.24) is 5.32 Å². The Kier molecular flexibility index (Phi) is 5.50. The summed E-state index contributed by atoms with van der Waals surface area (Å²) >= 11 is 3.23. The number of carbonyl (C=O) groups is 1. The molecule has 21 heavy (non-hydrogen) atoms. The molecule has 0 aromatic heterocycles. The molecule has 1 aromatic carbocycles. The van der Waals surface area contributed by atoms with E-state index in [1.165, 1.54) is 12.1 Å². The van der Waals surface area contributed by atoms with Crippen LogP contribution in [-0.2, 0) is 4.74 Å². The number of alkyl halides is 2. The summed E-state index contributed by atoms with van der Waals surface area (Å²) in [5.41, 5.74) is -0.508. The van der Waals surface area contributed by atoms with Crippen LogP contribution in [0.3, 0.4) is 0 Å². The van der Waals surface area contributed by atoms with E-state index in [0.717, 1.165) is 4.47 Å². The third-order valence-electron chi connectivity index (χ3n) is 2.52. The minimum absolute atomic E-state index is 0.258. The van der Waals surface area contributed by atoms with E-state index in [-0.39, 0.29) is 5.56 Å². The van der Waals surface area contributed by atoms with Crippen LogP contribution in [0.2, 0.25) is 0 Å². The van der Waals surface area contributed by atoms with Crippen LogP contribution < -0.4 is 5.32 Å². The molecule has 0 aliphatic rings. The van der Waals surface area contributed by atoms with Crippen molar-refractivity contribution in [2.45, 2.75) is 38.3 Å². The molecule has 0 saturated heterocycles. The summed E-state index contributed by atoms with van der Waals surface area (Å²) in [6.07, 6.45) is -0.395. The lowest BCUT2D eigenvalue weighted by Crippen LogP contribution is -2.42. The van der Waals surface area contributed by atoms with Gasteiger partial charge in [0.05, 0.1) is 0 Å². The van der Waals surface area contributed by atoms with E-state index in [9.17, 15) is 13.6 Å². The number of hydrogen-bond acceptors (Lipinski definition) is 2. The topological polar surface area (TPSA) is 38.3 Å². The number of nitrogens with one attached hydrogen (secondary N) is 1. The predicted molar refractivity (Wildman–Crippen MR) is 81.4 cm³/mol. The number of alkyl carbamates (subject to hydrolysis) is 1. The zero-order valence-electron chi connectivity index (χ0n) is 12.1. The Hall–Kier alpha value is -1.43. The number of amides is 1. The van der Waals surface area contributed by atoms with E-state index in [2.05, 4.69) is 27.8 Å². The molecule has 0 saturated carbocycles. The molecule has 0 bridgehead atoms. The van der Waals surface area contributed by atoms with Gasteiger partial charge in [0.25, 0.3) is 5.92 Å². The van der Waals surface area contributed by atoms with E-state index < -0.39 is 23.7 Å². The summed E-state index contributed by atoms with van der Waals surface area (Å²) in [6, 6.07) is 4.71. The first-order valence-electron chi connectivity index (χ1n) is 6.31. The van der Waals surface area contributed by atoms with Gasteiger partial charge in [-0.15, -0.1) is 0 Å². The fraction of sp³-hybridized carbons (Fsp3) is 0.400. The van der Waals surface area contributed by atoms with E-state index >= 15 is 0 Å². The van der Waals surface area contributed by atoms with Gasteiger partial charge < -0.3 is 10.1 Å². The Balaban J connectivity index is 3.02. The monoisotopic (exact) mass is 361 g/mol. The summed E-state index contributed by atoms with van der Waals surface area (Å²) < 4.78 is 33.8. The van der Waals surface area contributed by atoms with Crippen LogP contribution in [0.4, 0.5) is 13.6 Å². The second-order valence-corrected chi connectivity index (χ2v) is 6.43. The van der Waals surface area contributed by atoms with Crippen LogP contribution in [0.25, 0.3) is 0 Å². The Labute approximate surface area is 131 Å². The second-order valence-electron chi connectivity index (χ2n) is 5.51. The smallest absolute Gasteiger partial charge is 0.408 e. The molecule has 1 atom stereocenters. The van der Waals surface area contributed by atoms with Crippen molar-refractivity contribution in [2.24, 2.45) is 0 Å². The molecule has 116 valence electrons. The van der Waals surface area contributed by atoms with Gasteiger partial charge in [-0.05, 0) is 44.5 Å². The summed E-state index contributed by atoms with van der Waals surface area (Å²) in [4.78, 5) is 11.8. The van der Waals surface area contributed by atoms with Crippen molar-refractivity contribution in [3.63, 3.8) is 0 Å². The number of carbonyl (C=O) groups excluding carboxylic acids is 1. The molecular weight excluding hydrogens is 344 g/mol. The van der Waals surface area contributed by atoms with Crippen molar-refractivity contribution in [3.05, 3.63) is 47.0 Å². The standard InChI is InChI=1S/C15H18BrF2NO2/c1-5-15(17,18)12(10-6-8-11(16)9-7-10)19-13(20)21-14(2,3)4/h5-9,12H,1H2,2-4H3,(H,19,20). The van der Waals surface area contributed by atoms with Gasteiger partial charge in [0.1, 0.15) is 11.6 Å². The Morgan fingerprint density at radius 3 is 2.29 bits per heavy atom. The second kappa shape index (κ2) is 6.56. The molecule has 0 fully saturated rings. The Morgan fingerprint density at radius 1 is 1.33 bits per heavy atom. The van der Waals surface area contributed by atoms with Gasteiger partial charge in [-0.1, -0.05) is 34.6 Å². The molecule has 1 N–H and O–H groups in total. The highest BCUT2D eigenvalue weighted by Crippen LogP contribution is 2.33. The normalized spacial score (nSPS) is 13.4. The van der Waals surface area contributed by atoms with E-state index in [1.54, 1.807) is 32.9 Å². The van der Waals surface area contributed by atoms with Crippen LogP contribution in [0.1, 0.15) is 32.4 Å². The van der Waals surface area contributed by atoms with Gasteiger partial charge in [-0.25, -0.2) is 4.79 Å². The molecule has 3 nitrogen and oxygen atoms in total. The lowest BCUT2D eigenvalue weighted by atomic mass is 10.0. The zero-order valence-corrected chi connectivity index (χ0v) is 13.7. The Bertz CT molecular complexity index is 509. The van der Waals surface area contributed by atoms with Crippen LogP contribution in [0.15, 0.2) is 41.4 Å². The largest absolute Gasteiger partial charge is 0.444 e. The van der Waals surface area contributed by atoms with E-state index in [1.807, 2.05) is 0 Å². The van der Waals surface area contributed by atoms with Crippen LogP contribution in [0.5, 0.6) is 0 Å². The molecule has 0 aliphatic heterocycles. The van der Waals surface area contributed by atoms with Gasteiger partial charge in [0.2, 0.25) is 0 Å². The van der Waals surface area contributed by atoms with Crippen molar-refractivity contribution in [2.75, 3.05) is 0 Å². The van der Waals surface area contributed by atoms with Crippen LogP contribution >= 0.6 is 15.9 Å². The maximum Gasteiger partial charge on any atom is 0.408 e. The number of halogens is 3. The lowest BCUT2D eigenvalue weighted by molar-refractivity contribution is -0.000438. The van der Waals surface area contributed by atoms with E-state index in [0.29, 0.717) is 6.08 Å². The minimum atomic E-state index is -3.30. The first-order chi connectivity index (χ1) is 9.55. The summed E-state index contributed by atoms with van der Waals surface area (Å²) in [5, 5.41) is 2.20. The number of benzene rings is 1. The van der Waals surface area contributed by atoms with Crippen LogP contribution in [-0.4, -0.2) is 17.6 Å². The van der Waals surface area contributed by atoms with Gasteiger partial charge in [0, 0.05) is 4.47 Å². The van der Waals surface area contributed by atoms with Crippen LogP contribution in [0, 0.1) is 0 Å². The maximum absolute atomic E-state index is 14.0. The van der Waals surface area contributed by atoms with Gasteiger partial charge >= 0.3 is 6.09 Å². The molecule has 1 rings (SSSR count). The molecular formula is C15H18BrF2NO2. The highest BCUT2D eigenvalue weighted by atomic mass is 79.9. The fourth-order valence-electron chi connectivity index (χ4n) is 1.60. The average Bonchev–Trinajstić information content (AvgIpc) is 2.35. The molecule has 1 unspecified atom stereocenters. The molecule has 0 aliphatic carbocycles. The molecule has 1 amide bonds. The predicted octanol–water partition coefficient (Wildman–Crippen LogP) is 4.84. The molecule has 6 heteroatoms. The van der Waals surface area contributed by atoms with Crippen molar-refractivity contribution >= 4 is 22.0 Å². The average molecular weight is 362 g/mol. The summed E-state index contributed by atoms with van der Waals surface area (Å²) in [5.74, 6) is -3.30. The third kappa shape index (κ3) is 5.46. The van der Waals surface area contributed by atoms with E-state index in [4.69, 9.17) is 4.74 Å². The third-order valence-corrected chi connectivity index (χ3v) is 3.05. The number of hydrogen-bond donors (Lipinski definition) is 1. The highest BCUT2D eigenvalue weighted by molar-refractivity contribution is 9.10. The van der Waals surface area contributed by atoms with Gasteiger partial charge in [-0.2, -0.15) is 8.78 Å². The zero-order chi connectivity index (χ0) is 16.3. The fourth-order valence-corrected chi connectivity index (χ4v) is 1.86. The maximum atomic E-state index is 14.0. The molecule has 0 heterocycles. The highest BCUT2D eigenvalue weighted by Gasteiger charge is 2.39.